The van der Waals surface area contributed by atoms with Gasteiger partial charge in [0.25, 0.3) is 16.1 Å². The number of benzene rings is 1. The van der Waals surface area contributed by atoms with Gasteiger partial charge in [0, 0.05) is 69.0 Å². The zero-order chi connectivity index (χ0) is 32.0. The molecule has 0 bridgehead atoms. The third-order valence-corrected chi connectivity index (χ3v) is 9.20. The van der Waals surface area contributed by atoms with E-state index in [0.717, 1.165) is 56.6 Å². The highest BCUT2D eigenvalue weighted by molar-refractivity contribution is 7.87. The fraction of sp³-hybridized carbons (Fsp3) is 0.556. The minimum atomic E-state index is -3.86. The topological polar surface area (TPSA) is 201 Å². The number of anilines is 2. The van der Waals surface area contributed by atoms with E-state index < -0.39 is 16.1 Å². The maximum Gasteiger partial charge on any atom is 0.274 e. The molecule has 3 heterocycles. The van der Waals surface area contributed by atoms with Crippen molar-refractivity contribution in [3.63, 3.8) is 0 Å². The number of nitrogen functional groups attached to an aromatic ring is 1. The second-order valence-electron chi connectivity index (χ2n) is 10.9. The minimum absolute atomic E-state index is 0.0146. The van der Waals surface area contributed by atoms with E-state index in [-0.39, 0.29) is 35.8 Å². The van der Waals surface area contributed by atoms with Crippen LogP contribution in [0.3, 0.4) is 0 Å². The van der Waals surface area contributed by atoms with Crippen LogP contribution in [0.5, 0.6) is 0 Å². The van der Waals surface area contributed by atoms with Crippen molar-refractivity contribution in [2.75, 3.05) is 63.5 Å². The molecule has 2 aliphatic rings. The van der Waals surface area contributed by atoms with E-state index in [1.807, 2.05) is 18.2 Å². The summed E-state index contributed by atoms with van der Waals surface area (Å²) < 4.78 is 24.0. The van der Waals surface area contributed by atoms with Crippen LogP contribution in [0, 0.1) is 0 Å². The largest absolute Gasteiger partial charge is 0.384 e. The molecule has 1 aromatic carbocycles. The van der Waals surface area contributed by atoms with Gasteiger partial charge in [0.05, 0.1) is 0 Å². The molecule has 0 radical (unpaired) electrons. The van der Waals surface area contributed by atoms with E-state index in [9.17, 15) is 13.2 Å². The van der Waals surface area contributed by atoms with Crippen LogP contribution in [0.15, 0.2) is 23.2 Å². The number of piperazine rings is 1. The predicted molar refractivity (Wildman–Crippen MR) is 174 cm³/mol. The van der Waals surface area contributed by atoms with Gasteiger partial charge in [-0.15, -0.1) is 0 Å². The Morgan fingerprint density at radius 1 is 1.14 bits per heavy atom. The number of carbonyl (C=O) groups is 1. The van der Waals surface area contributed by atoms with Crippen molar-refractivity contribution in [1.82, 2.24) is 29.8 Å². The van der Waals surface area contributed by atoms with Crippen LogP contribution < -0.4 is 31.5 Å². The van der Waals surface area contributed by atoms with Gasteiger partial charge in [0.1, 0.15) is 5.84 Å². The zero-order valence-electron chi connectivity index (χ0n) is 25.0. The average Bonchev–Trinajstić information content (AvgIpc) is 3.00. The first kappa shape index (κ1) is 34.1. The monoisotopic (exact) mass is 669 g/mol. The maximum absolute atomic E-state index is 12.5. The Bertz CT molecular complexity index is 1470. The molecule has 0 aliphatic carbocycles. The van der Waals surface area contributed by atoms with E-state index in [1.54, 1.807) is 7.05 Å². The third kappa shape index (κ3) is 8.68. The highest BCUT2D eigenvalue weighted by atomic mass is 35.5. The number of carbonyl (C=O) groups excluding carboxylic acids is 1. The molecule has 17 heteroatoms. The molecule has 0 unspecified atom stereocenters. The molecule has 1 aromatic heterocycles. The van der Waals surface area contributed by atoms with E-state index in [0.29, 0.717) is 35.8 Å². The van der Waals surface area contributed by atoms with Crippen molar-refractivity contribution in [3.05, 3.63) is 45.2 Å². The molecule has 8 N–H and O–H groups in total. The molecule has 2 aliphatic heterocycles. The van der Waals surface area contributed by atoms with E-state index in [1.165, 1.54) is 0 Å². The number of hydrogen-bond donors (Lipinski definition) is 5. The summed E-state index contributed by atoms with van der Waals surface area (Å²) >= 11 is 12.7. The van der Waals surface area contributed by atoms with Crippen LogP contribution in [-0.2, 0) is 16.8 Å². The standard InChI is InChI=1S/C27H41Cl2N11O3S/c1-3-19-16-39(26-23(29)36-22(25(31)37-26)27(41)34-8-9-35-44(32,42)43)12-13-40(19)20-6-10-38(11-7-20)15-17-4-5-18(28)14-21(17)24(30)33-2/h4-5,14,19-20,35H,3,6-13,15-16H2,1-2H3,(H2,30,33)(H2,31,37)(H,34,41)(H2,32,42,43)/t19-/m0/s1. The first-order valence-corrected chi connectivity index (χ1v) is 16.8. The summed E-state index contributed by atoms with van der Waals surface area (Å²) in [6, 6.07) is 6.56. The first-order valence-electron chi connectivity index (χ1n) is 14.5. The number of aromatic nitrogens is 2. The van der Waals surface area contributed by atoms with Gasteiger partial charge in [-0.1, -0.05) is 36.2 Å². The predicted octanol–water partition coefficient (Wildman–Crippen LogP) is 0.789. The number of nitrogens with zero attached hydrogens (tertiary/aromatic N) is 6. The normalized spacial score (nSPS) is 19.3. The number of amidine groups is 1. The van der Waals surface area contributed by atoms with Crippen LogP contribution in [0.25, 0.3) is 0 Å². The SMILES string of the molecule is CC[C@H]1CN(c2nc(N)c(C(=O)NCCNS(N)(=O)=O)nc2Cl)CCN1C1CCN(Cc2ccc(Cl)cc2C(N)=NC)CC1. The van der Waals surface area contributed by atoms with E-state index in [4.69, 9.17) is 39.8 Å². The molecular formula is C27H41Cl2N11O3S. The highest BCUT2D eigenvalue weighted by Crippen LogP contribution is 2.30. The van der Waals surface area contributed by atoms with Crippen molar-refractivity contribution in [1.29, 1.82) is 0 Å². The average molecular weight is 671 g/mol. The van der Waals surface area contributed by atoms with Gasteiger partial charge in [-0.25, -0.2) is 19.8 Å². The number of hydrogen-bond acceptors (Lipinski definition) is 10. The maximum atomic E-state index is 12.5. The van der Waals surface area contributed by atoms with E-state index >= 15 is 0 Å². The van der Waals surface area contributed by atoms with Gasteiger partial charge in [0.15, 0.2) is 22.5 Å². The Balaban J connectivity index is 1.34. The molecular weight excluding hydrogens is 629 g/mol. The molecule has 0 spiro atoms. The smallest absolute Gasteiger partial charge is 0.274 e. The summed E-state index contributed by atoms with van der Waals surface area (Å²) in [5.74, 6) is 0.260. The quantitative estimate of drug-likeness (QED) is 0.129. The molecule has 14 nitrogen and oxygen atoms in total. The molecule has 2 saturated heterocycles. The van der Waals surface area contributed by atoms with Gasteiger partial charge in [-0.2, -0.15) is 8.42 Å². The lowest BCUT2D eigenvalue weighted by molar-refractivity contribution is 0.0610. The van der Waals surface area contributed by atoms with Gasteiger partial charge in [0.2, 0.25) is 0 Å². The van der Waals surface area contributed by atoms with Crippen molar-refractivity contribution >= 4 is 56.8 Å². The fourth-order valence-corrected chi connectivity index (χ4v) is 6.65. The number of piperidine rings is 1. The van der Waals surface area contributed by atoms with Crippen molar-refractivity contribution in [3.8, 4) is 0 Å². The lowest BCUT2D eigenvalue weighted by atomic mass is 9.97. The molecule has 1 atom stereocenters. The third-order valence-electron chi connectivity index (χ3n) is 8.10. The summed E-state index contributed by atoms with van der Waals surface area (Å²) in [5, 5.41) is 8.13. The molecule has 2 aromatic rings. The summed E-state index contributed by atoms with van der Waals surface area (Å²) in [7, 11) is -2.17. The number of nitrogens with one attached hydrogen (secondary N) is 2. The van der Waals surface area contributed by atoms with Crippen LogP contribution in [0.1, 0.15) is 47.8 Å². The van der Waals surface area contributed by atoms with Crippen molar-refractivity contribution < 1.29 is 13.2 Å². The Kier molecular flexibility index (Phi) is 11.6. The Morgan fingerprint density at radius 2 is 1.86 bits per heavy atom. The summed E-state index contributed by atoms with van der Waals surface area (Å²) in [5.41, 5.74) is 14.1. The lowest BCUT2D eigenvalue weighted by Gasteiger charge is -2.47. The number of likely N-dealkylation sites (tertiary alicyclic amines) is 1. The number of rotatable bonds is 11. The molecule has 44 heavy (non-hydrogen) atoms. The van der Waals surface area contributed by atoms with Gasteiger partial charge < -0.3 is 21.7 Å². The van der Waals surface area contributed by atoms with Gasteiger partial charge in [-0.05, 0) is 50.0 Å². The molecule has 242 valence electrons. The summed E-state index contributed by atoms with van der Waals surface area (Å²) in [6.07, 6.45) is 3.07. The number of aliphatic imine (C=N–C) groups is 1. The Hall–Kier alpha value is -2.79. The lowest BCUT2D eigenvalue weighted by Crippen LogP contribution is -2.58. The molecule has 0 saturated carbocycles. The Morgan fingerprint density at radius 3 is 2.52 bits per heavy atom. The second kappa shape index (κ2) is 15.0. The molecule has 2 fully saturated rings. The second-order valence-corrected chi connectivity index (χ2v) is 13.1. The number of nitrogens with two attached hydrogens (primary N) is 3. The molecule has 4 rings (SSSR count). The fourth-order valence-electron chi connectivity index (χ4n) is 5.84. The molecule has 1 amide bonds. The number of halogens is 2. The van der Waals surface area contributed by atoms with Crippen LogP contribution >= 0.6 is 23.2 Å². The van der Waals surface area contributed by atoms with Crippen LogP contribution in [0.4, 0.5) is 11.6 Å². The van der Waals surface area contributed by atoms with Crippen LogP contribution in [-0.4, -0.2) is 105 Å². The van der Waals surface area contributed by atoms with Crippen LogP contribution in [0.2, 0.25) is 10.2 Å². The Labute approximate surface area is 268 Å². The number of amides is 1. The summed E-state index contributed by atoms with van der Waals surface area (Å²) in [6.45, 7) is 7.06. The zero-order valence-corrected chi connectivity index (χ0v) is 27.3. The first-order chi connectivity index (χ1) is 20.9. The van der Waals surface area contributed by atoms with Crippen molar-refractivity contribution in [2.45, 2.75) is 44.8 Å². The van der Waals surface area contributed by atoms with E-state index in [2.05, 4.69) is 46.6 Å². The van der Waals surface area contributed by atoms with Gasteiger partial charge in [-0.3, -0.25) is 19.6 Å². The van der Waals surface area contributed by atoms with Crippen molar-refractivity contribution in [2.24, 2.45) is 15.9 Å². The van der Waals surface area contributed by atoms with Gasteiger partial charge >= 0.3 is 0 Å². The summed E-state index contributed by atoms with van der Waals surface area (Å²) in [4.78, 5) is 32.5. The highest BCUT2D eigenvalue weighted by Gasteiger charge is 2.34. The minimum Gasteiger partial charge on any atom is -0.384 e.